The first-order valence-corrected chi connectivity index (χ1v) is 27.4. The van der Waals surface area contributed by atoms with Crippen LogP contribution >= 0.6 is 0 Å². The van der Waals surface area contributed by atoms with E-state index in [0.717, 1.165) is 33.2 Å². The maximum atomic E-state index is 5.04. The van der Waals surface area contributed by atoms with E-state index in [1.807, 2.05) is 0 Å². The van der Waals surface area contributed by atoms with Crippen LogP contribution in [0.4, 0.5) is 0 Å². The lowest BCUT2D eigenvalue weighted by atomic mass is 9.70. The fourth-order valence-electron chi connectivity index (χ4n) is 11.3. The van der Waals surface area contributed by atoms with Gasteiger partial charge in [-0.15, -0.1) is 0 Å². The summed E-state index contributed by atoms with van der Waals surface area (Å²) in [5.74, 6) is 0. The van der Waals surface area contributed by atoms with Crippen molar-refractivity contribution in [3.05, 3.63) is 166 Å². The smallest absolute Gasteiger partial charge is 0.0709 e. The molecule has 5 aromatic carbocycles. The Hall–Kier alpha value is -5.60. The molecule has 0 amide bonds. The van der Waals surface area contributed by atoms with Crippen LogP contribution in [0.3, 0.4) is 0 Å². The normalized spacial score (nSPS) is 13.0. The molecular formula is C67H80N2. The Kier molecular flexibility index (Phi) is 18.3. The van der Waals surface area contributed by atoms with Gasteiger partial charge in [0.2, 0.25) is 0 Å². The summed E-state index contributed by atoms with van der Waals surface area (Å²) in [6.45, 7) is 9.18. The molecule has 0 bridgehead atoms. The zero-order valence-electron chi connectivity index (χ0n) is 42.8. The van der Waals surface area contributed by atoms with Crippen LogP contribution in [-0.4, -0.2) is 9.97 Å². The summed E-state index contributed by atoms with van der Waals surface area (Å²) in [6.07, 6.45) is 38.7. The van der Waals surface area contributed by atoms with E-state index < -0.39 is 0 Å². The lowest BCUT2D eigenvalue weighted by Gasteiger charge is -2.33. The first-order valence-electron chi connectivity index (χ1n) is 27.4. The molecule has 2 heteroatoms. The fourth-order valence-corrected chi connectivity index (χ4v) is 11.3. The van der Waals surface area contributed by atoms with Crippen molar-refractivity contribution in [2.24, 2.45) is 0 Å². The van der Waals surface area contributed by atoms with Crippen LogP contribution in [0.1, 0.15) is 200 Å². The zero-order chi connectivity index (χ0) is 47.7. The minimum absolute atomic E-state index is 0.00714. The number of para-hydroxylation sites is 2. The molecule has 0 unspecified atom stereocenters. The summed E-state index contributed by atoms with van der Waals surface area (Å²) in [5, 5.41) is 2.33. The quantitative estimate of drug-likeness (QED) is 0.0481. The van der Waals surface area contributed by atoms with E-state index in [4.69, 9.17) is 9.97 Å². The van der Waals surface area contributed by atoms with Crippen molar-refractivity contribution in [2.45, 2.75) is 174 Å². The molecule has 0 atom stereocenters. The third kappa shape index (κ3) is 13.0. The Balaban J connectivity index is 1.14. The zero-order valence-corrected chi connectivity index (χ0v) is 42.8. The average molecular weight is 913 g/mol. The minimum Gasteiger partial charge on any atom is -0.248 e. The third-order valence-corrected chi connectivity index (χ3v) is 15.3. The van der Waals surface area contributed by atoms with Gasteiger partial charge in [0.1, 0.15) is 0 Å². The van der Waals surface area contributed by atoms with Crippen molar-refractivity contribution in [1.29, 1.82) is 0 Å². The molecule has 0 aliphatic heterocycles. The minimum atomic E-state index is 0.00714. The number of aromatic nitrogens is 2. The standard InChI is InChI=1S/C67H80N2/c1-5-7-9-11-13-15-17-19-21-27-45-67(46-28-22-20-18-16-14-12-10-8-6-2)63-47-51(3)33-43-60(63)61-44-38-57(50-64(61)67)62-49-55(36-41-58-39-34-53-29-23-25-31-65(53)68-58)52(4)48-56(62)37-42-59-40-35-54-30-24-26-32-66(54)69-59/h23-26,29-44,47-50H,5-22,27-28,45-46H2,1-4H3/b41-36+,42-37+. The van der Waals surface area contributed by atoms with Crippen molar-refractivity contribution in [2.75, 3.05) is 0 Å². The van der Waals surface area contributed by atoms with Gasteiger partial charge in [-0.25, -0.2) is 9.97 Å². The van der Waals surface area contributed by atoms with Gasteiger partial charge in [-0.2, -0.15) is 0 Å². The molecule has 1 aliphatic rings. The van der Waals surface area contributed by atoms with E-state index >= 15 is 0 Å². The lowest BCUT2D eigenvalue weighted by molar-refractivity contribution is 0.397. The van der Waals surface area contributed by atoms with Crippen LogP contribution in [0.25, 0.3) is 68.4 Å². The third-order valence-electron chi connectivity index (χ3n) is 15.3. The summed E-state index contributed by atoms with van der Waals surface area (Å²) in [5.41, 5.74) is 17.6. The van der Waals surface area contributed by atoms with Crippen molar-refractivity contribution in [1.82, 2.24) is 9.97 Å². The van der Waals surface area contributed by atoms with Gasteiger partial charge in [-0.1, -0.05) is 245 Å². The molecule has 0 spiro atoms. The lowest BCUT2D eigenvalue weighted by Crippen LogP contribution is -2.25. The van der Waals surface area contributed by atoms with Gasteiger partial charge < -0.3 is 0 Å². The number of hydrogen-bond acceptors (Lipinski definition) is 2. The Morgan fingerprint density at radius 1 is 0.391 bits per heavy atom. The van der Waals surface area contributed by atoms with E-state index in [2.05, 4.69) is 173 Å². The van der Waals surface area contributed by atoms with Gasteiger partial charge in [0.25, 0.3) is 0 Å². The molecule has 0 fully saturated rings. The molecule has 0 radical (unpaired) electrons. The summed E-state index contributed by atoms with van der Waals surface area (Å²) >= 11 is 0. The number of fused-ring (bicyclic) bond motifs is 5. The van der Waals surface area contributed by atoms with E-state index in [-0.39, 0.29) is 5.41 Å². The highest BCUT2D eigenvalue weighted by Gasteiger charge is 2.42. The highest BCUT2D eigenvalue weighted by Crippen LogP contribution is 2.55. The maximum absolute atomic E-state index is 5.04. The number of rotatable bonds is 27. The van der Waals surface area contributed by atoms with Gasteiger partial charge in [0.15, 0.2) is 0 Å². The highest BCUT2D eigenvalue weighted by molar-refractivity contribution is 5.89. The van der Waals surface area contributed by atoms with Gasteiger partial charge in [-0.3, -0.25) is 0 Å². The Labute approximate surface area is 416 Å². The number of hydrogen-bond donors (Lipinski definition) is 0. The van der Waals surface area contributed by atoms with Crippen LogP contribution in [0.2, 0.25) is 0 Å². The van der Waals surface area contributed by atoms with Crippen molar-refractivity contribution in [3.8, 4) is 22.3 Å². The summed E-state index contributed by atoms with van der Waals surface area (Å²) < 4.78 is 0. The fraction of sp³-hybridized carbons (Fsp3) is 0.403. The van der Waals surface area contributed by atoms with Crippen LogP contribution in [0.15, 0.2) is 121 Å². The van der Waals surface area contributed by atoms with E-state index in [1.54, 1.807) is 11.1 Å². The maximum Gasteiger partial charge on any atom is 0.0709 e. The van der Waals surface area contributed by atoms with Crippen LogP contribution < -0.4 is 0 Å². The SMILES string of the molecule is CCCCCCCCCCCCC1(CCCCCCCCCCCC)c2cc(C)ccc2-c2ccc(-c3cc(/C=C/c4ccc5ccccc5n4)c(C)cc3/C=C/c3ccc4ccccc4n3)cc21. The van der Waals surface area contributed by atoms with Crippen molar-refractivity contribution >= 4 is 46.1 Å². The summed E-state index contributed by atoms with van der Waals surface area (Å²) in [4.78, 5) is 10.0. The van der Waals surface area contributed by atoms with Gasteiger partial charge in [0, 0.05) is 16.2 Å². The second kappa shape index (κ2) is 25.3. The number of aryl methyl sites for hydroxylation is 2. The topological polar surface area (TPSA) is 25.8 Å². The molecule has 2 aromatic heterocycles. The van der Waals surface area contributed by atoms with Gasteiger partial charge >= 0.3 is 0 Å². The van der Waals surface area contributed by atoms with E-state index in [1.165, 1.54) is 186 Å². The largest absolute Gasteiger partial charge is 0.248 e. The van der Waals surface area contributed by atoms with E-state index in [9.17, 15) is 0 Å². The molecule has 0 N–H and O–H groups in total. The Morgan fingerprint density at radius 2 is 0.855 bits per heavy atom. The number of unbranched alkanes of at least 4 members (excludes halogenated alkanes) is 18. The highest BCUT2D eigenvalue weighted by atomic mass is 14.7. The predicted octanol–water partition coefficient (Wildman–Crippen LogP) is 20.3. The van der Waals surface area contributed by atoms with Crippen LogP contribution in [0.5, 0.6) is 0 Å². The molecule has 2 heterocycles. The van der Waals surface area contributed by atoms with Crippen molar-refractivity contribution < 1.29 is 0 Å². The first-order chi connectivity index (χ1) is 34.0. The van der Waals surface area contributed by atoms with E-state index in [0.29, 0.717) is 0 Å². The predicted molar refractivity (Wildman–Crippen MR) is 302 cm³/mol. The van der Waals surface area contributed by atoms with Crippen LogP contribution in [-0.2, 0) is 5.41 Å². The second-order valence-electron chi connectivity index (χ2n) is 20.6. The molecule has 69 heavy (non-hydrogen) atoms. The summed E-state index contributed by atoms with van der Waals surface area (Å²) in [7, 11) is 0. The molecule has 8 rings (SSSR count). The summed E-state index contributed by atoms with van der Waals surface area (Å²) in [6, 6.07) is 45.1. The molecule has 2 nitrogen and oxygen atoms in total. The number of nitrogens with zero attached hydrogens (tertiary/aromatic N) is 2. The Morgan fingerprint density at radius 3 is 1.39 bits per heavy atom. The molecule has 7 aromatic rings. The van der Waals surface area contributed by atoms with Crippen LogP contribution in [0, 0.1) is 13.8 Å². The first kappa shape index (κ1) is 49.8. The molecule has 1 aliphatic carbocycles. The van der Waals surface area contributed by atoms with Gasteiger partial charge in [-0.05, 0) is 125 Å². The van der Waals surface area contributed by atoms with Gasteiger partial charge in [0.05, 0.1) is 22.4 Å². The molecular weight excluding hydrogens is 833 g/mol. The molecule has 0 saturated heterocycles. The average Bonchev–Trinajstić information content (AvgIpc) is 3.63. The monoisotopic (exact) mass is 913 g/mol. The molecule has 0 saturated carbocycles. The number of benzene rings is 5. The second-order valence-corrected chi connectivity index (χ2v) is 20.6. The van der Waals surface area contributed by atoms with Crippen molar-refractivity contribution in [3.63, 3.8) is 0 Å². The Bertz CT molecular complexity index is 2780. The number of pyridine rings is 2. The molecule has 358 valence electrons.